The van der Waals surface area contributed by atoms with Gasteiger partial charge in [-0.2, -0.15) is 0 Å². The molecule has 0 aliphatic heterocycles. The van der Waals surface area contributed by atoms with E-state index in [1.807, 2.05) is 0 Å². The summed E-state index contributed by atoms with van der Waals surface area (Å²) in [6, 6.07) is 0. The molecule has 0 N–H and O–H groups in total. The molecule has 0 unspecified atom stereocenters. The molecule has 4 nitrogen and oxygen atoms in total. The van der Waals surface area contributed by atoms with Crippen LogP contribution < -0.4 is 34.5 Å². The average molecular weight is 344 g/mol. The Balaban J connectivity index is 0. The summed E-state index contributed by atoms with van der Waals surface area (Å²) in [5.41, 5.74) is 0. The van der Waals surface area contributed by atoms with Crippen LogP contribution in [0, 0.1) is 11.8 Å². The molecular formula is C16H34NaO4P. The fourth-order valence-electron chi connectivity index (χ4n) is 2.05. The van der Waals surface area contributed by atoms with E-state index >= 15 is 0 Å². The summed E-state index contributed by atoms with van der Waals surface area (Å²) in [4.78, 5) is 11.5. The monoisotopic (exact) mass is 344 g/mol. The zero-order valence-electron chi connectivity index (χ0n) is 15.3. The van der Waals surface area contributed by atoms with Crippen molar-refractivity contribution in [2.45, 2.75) is 79.1 Å². The third-order valence-electron chi connectivity index (χ3n) is 3.35. The second-order valence-electron chi connectivity index (χ2n) is 6.60. The van der Waals surface area contributed by atoms with Crippen molar-refractivity contribution in [2.75, 3.05) is 13.2 Å². The van der Waals surface area contributed by atoms with Crippen molar-refractivity contribution in [1.82, 2.24) is 0 Å². The molecule has 0 amide bonds. The van der Waals surface area contributed by atoms with Crippen LogP contribution in [0.15, 0.2) is 0 Å². The van der Waals surface area contributed by atoms with Gasteiger partial charge in [0, 0.05) is 0 Å². The Labute approximate surface area is 159 Å². The van der Waals surface area contributed by atoms with E-state index in [9.17, 15) is 9.46 Å². The number of hydrogen-bond acceptors (Lipinski definition) is 4. The number of phosphoric acid groups is 1. The van der Waals surface area contributed by atoms with Gasteiger partial charge < -0.3 is 13.9 Å². The van der Waals surface area contributed by atoms with Crippen molar-refractivity contribution in [3.8, 4) is 0 Å². The molecule has 0 saturated heterocycles. The fourth-order valence-corrected chi connectivity index (χ4v) is 2.83. The van der Waals surface area contributed by atoms with Crippen LogP contribution in [-0.4, -0.2) is 13.2 Å². The van der Waals surface area contributed by atoms with Gasteiger partial charge in [0.05, 0.1) is 13.2 Å². The topological polar surface area (TPSA) is 58.6 Å². The summed E-state index contributed by atoms with van der Waals surface area (Å²) < 4.78 is 21.2. The Morgan fingerprint density at radius 2 is 1.14 bits per heavy atom. The normalized spacial score (nSPS) is 12.0. The molecule has 0 radical (unpaired) electrons. The van der Waals surface area contributed by atoms with Crippen LogP contribution in [0.25, 0.3) is 0 Å². The first-order chi connectivity index (χ1) is 9.83. The minimum absolute atomic E-state index is 0. The molecular weight excluding hydrogens is 310 g/mol. The molecule has 0 atom stereocenters. The minimum atomic E-state index is -4.08. The summed E-state index contributed by atoms with van der Waals surface area (Å²) in [6.45, 7) is 9.25. The van der Waals surface area contributed by atoms with Gasteiger partial charge in [-0.15, -0.1) is 0 Å². The number of rotatable bonds is 14. The van der Waals surface area contributed by atoms with Gasteiger partial charge in [0.25, 0.3) is 7.82 Å². The van der Waals surface area contributed by atoms with Crippen LogP contribution in [0.1, 0.15) is 79.1 Å². The maximum absolute atomic E-state index is 11.5. The van der Waals surface area contributed by atoms with Gasteiger partial charge >= 0.3 is 29.6 Å². The number of unbranched alkanes of at least 4 members (excludes halogenated alkanes) is 4. The Hall–Kier alpha value is 1.11. The van der Waals surface area contributed by atoms with Gasteiger partial charge in [-0.1, -0.05) is 66.2 Å². The van der Waals surface area contributed by atoms with Crippen LogP contribution in [0.3, 0.4) is 0 Å². The van der Waals surface area contributed by atoms with Crippen molar-refractivity contribution in [2.24, 2.45) is 11.8 Å². The van der Waals surface area contributed by atoms with Crippen LogP contribution in [0.2, 0.25) is 0 Å². The molecule has 0 bridgehead atoms. The average Bonchev–Trinajstić information content (AvgIpc) is 2.37. The third-order valence-corrected chi connectivity index (χ3v) is 4.35. The molecule has 6 heteroatoms. The number of hydrogen-bond donors (Lipinski definition) is 0. The van der Waals surface area contributed by atoms with Crippen molar-refractivity contribution < 1.29 is 48.1 Å². The van der Waals surface area contributed by atoms with E-state index in [4.69, 9.17) is 9.05 Å². The summed E-state index contributed by atoms with van der Waals surface area (Å²) >= 11 is 0. The molecule has 0 aromatic carbocycles. The van der Waals surface area contributed by atoms with Crippen molar-refractivity contribution >= 4 is 7.82 Å². The SMILES string of the molecule is CC(C)CCCCCOP(=O)([O-])OCCCCCC(C)C.[Na+]. The first-order valence-corrected chi connectivity index (χ1v) is 9.89. The molecule has 0 heterocycles. The quantitative estimate of drug-likeness (QED) is 0.274. The van der Waals surface area contributed by atoms with E-state index in [0.717, 1.165) is 38.5 Å². The molecule has 0 saturated carbocycles. The predicted octanol–water partition coefficient (Wildman–Crippen LogP) is 1.92. The summed E-state index contributed by atoms with van der Waals surface area (Å²) in [6.07, 6.45) is 8.18. The third kappa shape index (κ3) is 19.2. The Morgan fingerprint density at radius 3 is 1.45 bits per heavy atom. The van der Waals surface area contributed by atoms with Crippen LogP contribution in [0.4, 0.5) is 0 Å². The van der Waals surface area contributed by atoms with Crippen molar-refractivity contribution in [3.05, 3.63) is 0 Å². The summed E-state index contributed by atoms with van der Waals surface area (Å²) in [5.74, 6) is 1.41. The van der Waals surface area contributed by atoms with Gasteiger partial charge in [-0.3, -0.25) is 4.57 Å². The standard InChI is InChI=1S/C16H35O4P.Na/c1-15(2)11-7-5-9-13-19-21(17,18)20-14-10-6-8-12-16(3)4;/h15-16H,5-14H2,1-4H3,(H,17,18);/q;+1/p-1. The van der Waals surface area contributed by atoms with Gasteiger partial charge in [0.15, 0.2) is 0 Å². The van der Waals surface area contributed by atoms with E-state index in [0.29, 0.717) is 11.8 Å². The first kappa shape index (κ1) is 25.4. The molecule has 0 aliphatic rings. The zero-order chi connectivity index (χ0) is 16.1. The zero-order valence-corrected chi connectivity index (χ0v) is 18.2. The molecule has 22 heavy (non-hydrogen) atoms. The van der Waals surface area contributed by atoms with Crippen molar-refractivity contribution in [1.29, 1.82) is 0 Å². The first-order valence-electron chi connectivity index (χ1n) is 8.43. The van der Waals surface area contributed by atoms with Gasteiger partial charge in [0.2, 0.25) is 0 Å². The largest absolute Gasteiger partial charge is 1.00 e. The van der Waals surface area contributed by atoms with E-state index in [1.165, 1.54) is 12.8 Å². The van der Waals surface area contributed by atoms with Crippen molar-refractivity contribution in [3.63, 3.8) is 0 Å². The molecule has 0 aliphatic carbocycles. The molecule has 128 valence electrons. The predicted molar refractivity (Wildman–Crippen MR) is 86.1 cm³/mol. The number of phosphoric ester groups is 1. The maximum Gasteiger partial charge on any atom is 1.00 e. The molecule has 0 fully saturated rings. The van der Waals surface area contributed by atoms with Gasteiger partial charge in [0.1, 0.15) is 0 Å². The van der Waals surface area contributed by atoms with Gasteiger partial charge in [-0.25, -0.2) is 0 Å². The second-order valence-corrected chi connectivity index (χ2v) is 8.01. The molecule has 0 spiro atoms. The van der Waals surface area contributed by atoms with E-state index in [-0.39, 0.29) is 42.8 Å². The Morgan fingerprint density at radius 1 is 0.773 bits per heavy atom. The summed E-state index contributed by atoms with van der Waals surface area (Å²) in [7, 11) is -4.08. The summed E-state index contributed by atoms with van der Waals surface area (Å²) in [5, 5.41) is 0. The van der Waals surface area contributed by atoms with Crippen LogP contribution in [-0.2, 0) is 13.6 Å². The van der Waals surface area contributed by atoms with Gasteiger partial charge in [-0.05, 0) is 24.7 Å². The second kappa shape index (κ2) is 15.6. The maximum atomic E-state index is 11.5. The van der Waals surface area contributed by atoms with Crippen LogP contribution in [0.5, 0.6) is 0 Å². The fraction of sp³-hybridized carbons (Fsp3) is 1.00. The van der Waals surface area contributed by atoms with E-state index in [1.54, 1.807) is 0 Å². The smallest absolute Gasteiger partial charge is 0.756 e. The van der Waals surface area contributed by atoms with E-state index in [2.05, 4.69) is 27.7 Å². The Kier molecular flexibility index (Phi) is 18.0. The molecule has 0 aromatic rings. The minimum Gasteiger partial charge on any atom is -0.756 e. The Bertz CT molecular complexity index is 261. The van der Waals surface area contributed by atoms with Crippen LogP contribution >= 0.6 is 7.82 Å². The molecule has 0 aromatic heterocycles. The molecule has 0 rings (SSSR count). The van der Waals surface area contributed by atoms with E-state index < -0.39 is 7.82 Å².